The number of ether oxygens (including phenoxy) is 1. The van der Waals surface area contributed by atoms with Crippen LogP contribution in [0.15, 0.2) is 18.2 Å². The molecule has 0 unspecified atom stereocenters. The molecule has 1 fully saturated rings. The Bertz CT molecular complexity index is 507. The van der Waals surface area contributed by atoms with Crippen LogP contribution < -0.4 is 10.1 Å². The summed E-state index contributed by atoms with van der Waals surface area (Å²) in [6.45, 7) is 6.09. The number of carboxylic acids is 1. The van der Waals surface area contributed by atoms with E-state index in [0.29, 0.717) is 12.3 Å². The van der Waals surface area contributed by atoms with E-state index in [9.17, 15) is 9.90 Å². The Kier molecular flexibility index (Phi) is 5.83. The van der Waals surface area contributed by atoms with Gasteiger partial charge in [0.15, 0.2) is 0 Å². The number of hydrogen-bond donors (Lipinski definition) is 2. The third kappa shape index (κ3) is 4.47. The van der Waals surface area contributed by atoms with Gasteiger partial charge >= 0.3 is 5.97 Å². The van der Waals surface area contributed by atoms with Gasteiger partial charge in [0.05, 0.1) is 13.0 Å². The maximum atomic E-state index is 11.6. The fourth-order valence-corrected chi connectivity index (χ4v) is 3.28. The third-order valence-electron chi connectivity index (χ3n) is 4.35. The Balaban J connectivity index is 2.19. The SMILES string of the molecule is COc1cc(CC(C)C)cc(C[C@H](C(=O)O)[C@H]2CCNC2)c1. The number of benzene rings is 1. The lowest BCUT2D eigenvalue weighted by molar-refractivity contribution is -0.143. The van der Waals surface area contributed by atoms with Gasteiger partial charge < -0.3 is 15.2 Å². The summed E-state index contributed by atoms with van der Waals surface area (Å²) >= 11 is 0. The molecule has 0 aromatic heterocycles. The van der Waals surface area contributed by atoms with Gasteiger partial charge in [-0.05, 0) is 67.4 Å². The van der Waals surface area contributed by atoms with E-state index in [1.807, 2.05) is 6.07 Å². The van der Waals surface area contributed by atoms with Crippen molar-refractivity contribution in [2.75, 3.05) is 20.2 Å². The number of aliphatic carboxylic acids is 1. The van der Waals surface area contributed by atoms with Crippen LogP contribution in [0.2, 0.25) is 0 Å². The molecule has 4 nitrogen and oxygen atoms in total. The predicted molar refractivity (Wildman–Crippen MR) is 87.3 cm³/mol. The lowest BCUT2D eigenvalue weighted by Gasteiger charge is -2.19. The Hall–Kier alpha value is -1.55. The number of methoxy groups -OCH3 is 1. The molecular weight excluding hydrogens is 278 g/mol. The zero-order valence-electron chi connectivity index (χ0n) is 13.8. The molecular formula is C18H27NO3. The zero-order valence-corrected chi connectivity index (χ0v) is 13.8. The molecule has 2 atom stereocenters. The maximum Gasteiger partial charge on any atom is 0.307 e. The van der Waals surface area contributed by atoms with E-state index in [-0.39, 0.29) is 11.8 Å². The predicted octanol–water partition coefficient (Wildman–Crippen LogP) is 2.75. The van der Waals surface area contributed by atoms with Gasteiger partial charge in [0, 0.05) is 0 Å². The van der Waals surface area contributed by atoms with Crippen LogP contribution in [0.4, 0.5) is 0 Å². The molecule has 0 spiro atoms. The number of rotatable bonds is 7. The summed E-state index contributed by atoms with van der Waals surface area (Å²) in [5.41, 5.74) is 2.28. The molecule has 2 N–H and O–H groups in total. The summed E-state index contributed by atoms with van der Waals surface area (Å²) in [4.78, 5) is 11.6. The van der Waals surface area contributed by atoms with Crippen LogP contribution in [0.1, 0.15) is 31.4 Å². The van der Waals surface area contributed by atoms with Crippen molar-refractivity contribution in [1.82, 2.24) is 5.32 Å². The van der Waals surface area contributed by atoms with E-state index >= 15 is 0 Å². The van der Waals surface area contributed by atoms with Gasteiger partial charge in [-0.25, -0.2) is 0 Å². The van der Waals surface area contributed by atoms with E-state index in [2.05, 4.69) is 31.3 Å². The van der Waals surface area contributed by atoms with Crippen molar-refractivity contribution in [3.63, 3.8) is 0 Å². The minimum Gasteiger partial charge on any atom is -0.497 e. The van der Waals surface area contributed by atoms with Gasteiger partial charge in [0.2, 0.25) is 0 Å². The van der Waals surface area contributed by atoms with E-state index in [0.717, 1.165) is 37.2 Å². The van der Waals surface area contributed by atoms with Crippen LogP contribution in [0, 0.1) is 17.8 Å². The lowest BCUT2D eigenvalue weighted by atomic mass is 9.85. The third-order valence-corrected chi connectivity index (χ3v) is 4.35. The number of hydrogen-bond acceptors (Lipinski definition) is 3. The molecule has 0 saturated carbocycles. The van der Waals surface area contributed by atoms with Gasteiger partial charge in [0.1, 0.15) is 5.75 Å². The molecule has 1 aliphatic heterocycles. The molecule has 0 aliphatic carbocycles. The highest BCUT2D eigenvalue weighted by atomic mass is 16.5. The highest BCUT2D eigenvalue weighted by molar-refractivity contribution is 5.71. The maximum absolute atomic E-state index is 11.6. The van der Waals surface area contributed by atoms with Crippen molar-refractivity contribution >= 4 is 5.97 Å². The first-order chi connectivity index (χ1) is 10.5. The fraction of sp³-hybridized carbons (Fsp3) is 0.611. The molecule has 1 aromatic carbocycles. The number of carboxylic acid groups (broad SMARTS) is 1. The first-order valence-electron chi connectivity index (χ1n) is 8.10. The molecule has 1 saturated heterocycles. The second kappa shape index (κ2) is 7.63. The van der Waals surface area contributed by atoms with Crippen molar-refractivity contribution in [2.45, 2.75) is 33.1 Å². The lowest BCUT2D eigenvalue weighted by Crippen LogP contribution is -2.27. The molecule has 0 bridgehead atoms. The molecule has 0 amide bonds. The number of nitrogens with one attached hydrogen (secondary N) is 1. The minimum atomic E-state index is -0.693. The van der Waals surface area contributed by atoms with Crippen molar-refractivity contribution in [3.05, 3.63) is 29.3 Å². The summed E-state index contributed by atoms with van der Waals surface area (Å²) < 4.78 is 5.38. The van der Waals surface area contributed by atoms with Crippen LogP contribution >= 0.6 is 0 Å². The van der Waals surface area contributed by atoms with E-state index < -0.39 is 5.97 Å². The average Bonchev–Trinajstić information content (AvgIpc) is 2.97. The van der Waals surface area contributed by atoms with Gasteiger partial charge in [-0.1, -0.05) is 19.9 Å². The van der Waals surface area contributed by atoms with Gasteiger partial charge in [-0.3, -0.25) is 4.79 Å². The molecule has 0 radical (unpaired) electrons. The van der Waals surface area contributed by atoms with Crippen molar-refractivity contribution < 1.29 is 14.6 Å². The fourth-order valence-electron chi connectivity index (χ4n) is 3.28. The van der Waals surface area contributed by atoms with E-state index in [1.54, 1.807) is 7.11 Å². The summed E-state index contributed by atoms with van der Waals surface area (Å²) in [6, 6.07) is 6.17. The van der Waals surface area contributed by atoms with Gasteiger partial charge in [-0.2, -0.15) is 0 Å². The van der Waals surface area contributed by atoms with E-state index in [4.69, 9.17) is 4.74 Å². The smallest absolute Gasteiger partial charge is 0.307 e. The van der Waals surface area contributed by atoms with Crippen LogP contribution in [-0.4, -0.2) is 31.3 Å². The average molecular weight is 305 g/mol. The van der Waals surface area contributed by atoms with Gasteiger partial charge in [0.25, 0.3) is 0 Å². The van der Waals surface area contributed by atoms with Crippen LogP contribution in [-0.2, 0) is 17.6 Å². The summed E-state index contributed by atoms with van der Waals surface area (Å²) in [7, 11) is 1.66. The Morgan fingerprint density at radius 2 is 2.00 bits per heavy atom. The highest BCUT2D eigenvalue weighted by Gasteiger charge is 2.30. The molecule has 2 rings (SSSR count). The first kappa shape index (κ1) is 16.8. The van der Waals surface area contributed by atoms with Crippen LogP contribution in [0.3, 0.4) is 0 Å². The Morgan fingerprint density at radius 3 is 2.50 bits per heavy atom. The quantitative estimate of drug-likeness (QED) is 0.813. The normalized spacial score (nSPS) is 19.4. The van der Waals surface area contributed by atoms with Crippen molar-refractivity contribution in [1.29, 1.82) is 0 Å². The second-order valence-electron chi connectivity index (χ2n) is 6.69. The number of carbonyl (C=O) groups is 1. The van der Waals surface area contributed by atoms with Crippen molar-refractivity contribution in [3.8, 4) is 5.75 Å². The highest BCUT2D eigenvalue weighted by Crippen LogP contribution is 2.27. The standard InChI is InChI=1S/C18H27NO3/c1-12(2)6-13-7-14(9-16(8-13)22-3)10-17(18(20)21)15-4-5-19-11-15/h7-9,12,15,17,19H,4-6,10-11H2,1-3H3,(H,20,21)/t15-,17-/m0/s1. The summed E-state index contributed by atoms with van der Waals surface area (Å²) in [5.74, 6) is 0.587. The molecule has 22 heavy (non-hydrogen) atoms. The monoisotopic (exact) mass is 305 g/mol. The molecule has 4 heteroatoms. The molecule has 1 aliphatic rings. The van der Waals surface area contributed by atoms with Crippen molar-refractivity contribution in [2.24, 2.45) is 17.8 Å². The van der Waals surface area contributed by atoms with Crippen LogP contribution in [0.25, 0.3) is 0 Å². The molecule has 1 aromatic rings. The first-order valence-corrected chi connectivity index (χ1v) is 8.10. The van der Waals surface area contributed by atoms with Crippen LogP contribution in [0.5, 0.6) is 5.75 Å². The van der Waals surface area contributed by atoms with E-state index in [1.165, 1.54) is 5.56 Å². The molecule has 1 heterocycles. The zero-order chi connectivity index (χ0) is 16.1. The largest absolute Gasteiger partial charge is 0.497 e. The Labute approximate surface area is 132 Å². The Morgan fingerprint density at radius 1 is 1.32 bits per heavy atom. The summed E-state index contributed by atoms with van der Waals surface area (Å²) in [6.07, 6.45) is 2.50. The minimum absolute atomic E-state index is 0.220. The second-order valence-corrected chi connectivity index (χ2v) is 6.69. The molecule has 122 valence electrons. The van der Waals surface area contributed by atoms with Gasteiger partial charge in [-0.15, -0.1) is 0 Å². The summed E-state index contributed by atoms with van der Waals surface area (Å²) in [5, 5.41) is 12.8. The topological polar surface area (TPSA) is 58.6 Å².